The standard InChI is InChI=1S/C6H13N3/c1-9-5-6(8)3-2-4-7/h2-4,9H,5,7-8H2,1H3/b4-2-,6-3-. The Labute approximate surface area is 55.4 Å². The van der Waals surface area contributed by atoms with Gasteiger partial charge in [-0.05, 0) is 25.4 Å². The molecule has 0 aromatic heterocycles. The van der Waals surface area contributed by atoms with Crippen molar-refractivity contribution in [2.75, 3.05) is 13.6 Å². The fourth-order valence-electron chi connectivity index (χ4n) is 0.442. The summed E-state index contributed by atoms with van der Waals surface area (Å²) in [6.45, 7) is 0.699. The molecule has 0 spiro atoms. The second-order valence-corrected chi connectivity index (χ2v) is 1.66. The molecule has 0 bridgehead atoms. The molecule has 0 aliphatic carbocycles. The highest BCUT2D eigenvalue weighted by Gasteiger charge is 1.80. The lowest BCUT2D eigenvalue weighted by Gasteiger charge is -1.95. The van der Waals surface area contributed by atoms with E-state index in [1.165, 1.54) is 6.20 Å². The van der Waals surface area contributed by atoms with Crippen molar-refractivity contribution < 1.29 is 0 Å². The van der Waals surface area contributed by atoms with E-state index >= 15 is 0 Å². The average Bonchev–Trinajstić information content (AvgIpc) is 1.85. The van der Waals surface area contributed by atoms with Crippen molar-refractivity contribution in [2.24, 2.45) is 11.5 Å². The zero-order valence-electron chi connectivity index (χ0n) is 5.59. The molecule has 0 saturated heterocycles. The van der Waals surface area contributed by atoms with Gasteiger partial charge >= 0.3 is 0 Å². The fourth-order valence-corrected chi connectivity index (χ4v) is 0.442. The van der Waals surface area contributed by atoms with Crippen LogP contribution in [0.2, 0.25) is 0 Å². The summed E-state index contributed by atoms with van der Waals surface area (Å²) in [5, 5.41) is 2.91. The van der Waals surface area contributed by atoms with E-state index < -0.39 is 0 Å². The van der Waals surface area contributed by atoms with Gasteiger partial charge in [-0.15, -0.1) is 0 Å². The lowest BCUT2D eigenvalue weighted by molar-refractivity contribution is 0.871. The molecule has 0 rings (SSSR count). The van der Waals surface area contributed by atoms with Crippen LogP contribution in [-0.2, 0) is 0 Å². The van der Waals surface area contributed by atoms with Crippen LogP contribution in [0.1, 0.15) is 0 Å². The average molecular weight is 127 g/mol. The monoisotopic (exact) mass is 127 g/mol. The van der Waals surface area contributed by atoms with Gasteiger partial charge in [0.1, 0.15) is 0 Å². The number of hydrogen-bond donors (Lipinski definition) is 3. The van der Waals surface area contributed by atoms with Gasteiger partial charge in [0.15, 0.2) is 0 Å². The van der Waals surface area contributed by atoms with E-state index in [-0.39, 0.29) is 0 Å². The van der Waals surface area contributed by atoms with Crippen molar-refractivity contribution in [1.82, 2.24) is 5.32 Å². The molecule has 0 atom stereocenters. The van der Waals surface area contributed by atoms with Gasteiger partial charge in [0, 0.05) is 12.2 Å². The van der Waals surface area contributed by atoms with E-state index in [0.29, 0.717) is 6.54 Å². The minimum absolute atomic E-state index is 0.699. The summed E-state index contributed by atoms with van der Waals surface area (Å²) in [6, 6.07) is 0. The summed E-state index contributed by atoms with van der Waals surface area (Å²) in [7, 11) is 1.84. The van der Waals surface area contributed by atoms with Crippen molar-refractivity contribution in [3.05, 3.63) is 24.0 Å². The van der Waals surface area contributed by atoms with Gasteiger partial charge in [-0.2, -0.15) is 0 Å². The first kappa shape index (κ1) is 8.04. The Bertz CT molecular complexity index is 115. The molecule has 0 aromatic carbocycles. The molecule has 3 nitrogen and oxygen atoms in total. The molecule has 0 aliphatic rings. The van der Waals surface area contributed by atoms with E-state index in [4.69, 9.17) is 11.5 Å². The Morgan fingerprint density at radius 3 is 2.78 bits per heavy atom. The summed E-state index contributed by atoms with van der Waals surface area (Å²) < 4.78 is 0. The Hall–Kier alpha value is -0.960. The molecular weight excluding hydrogens is 114 g/mol. The summed E-state index contributed by atoms with van der Waals surface area (Å²) in [5.74, 6) is 0. The minimum atomic E-state index is 0.699. The van der Waals surface area contributed by atoms with Crippen LogP contribution in [0.3, 0.4) is 0 Å². The molecule has 0 radical (unpaired) electrons. The van der Waals surface area contributed by atoms with Crippen LogP contribution < -0.4 is 16.8 Å². The van der Waals surface area contributed by atoms with Gasteiger partial charge in [0.05, 0.1) is 0 Å². The number of nitrogens with two attached hydrogens (primary N) is 2. The van der Waals surface area contributed by atoms with Gasteiger partial charge < -0.3 is 16.8 Å². The van der Waals surface area contributed by atoms with Crippen molar-refractivity contribution in [2.45, 2.75) is 0 Å². The third-order valence-electron chi connectivity index (χ3n) is 0.802. The van der Waals surface area contributed by atoms with E-state index in [1.54, 1.807) is 12.2 Å². The molecule has 9 heavy (non-hydrogen) atoms. The van der Waals surface area contributed by atoms with E-state index in [1.807, 2.05) is 7.05 Å². The third-order valence-corrected chi connectivity index (χ3v) is 0.802. The van der Waals surface area contributed by atoms with Crippen molar-refractivity contribution >= 4 is 0 Å². The predicted octanol–water partition coefficient (Wildman–Crippen LogP) is -0.479. The molecule has 0 aromatic rings. The van der Waals surface area contributed by atoms with E-state index in [0.717, 1.165) is 5.70 Å². The number of rotatable bonds is 3. The van der Waals surface area contributed by atoms with Gasteiger partial charge in [-0.1, -0.05) is 0 Å². The van der Waals surface area contributed by atoms with Crippen LogP contribution in [0, 0.1) is 0 Å². The predicted molar refractivity (Wildman–Crippen MR) is 39.5 cm³/mol. The molecular formula is C6H13N3. The number of nitrogens with one attached hydrogen (secondary N) is 1. The number of hydrogen-bond acceptors (Lipinski definition) is 3. The molecule has 0 unspecified atom stereocenters. The zero-order chi connectivity index (χ0) is 7.11. The summed E-state index contributed by atoms with van der Waals surface area (Å²) >= 11 is 0. The Kier molecular flexibility index (Phi) is 4.63. The molecule has 0 saturated carbocycles. The van der Waals surface area contributed by atoms with Crippen LogP contribution in [0.5, 0.6) is 0 Å². The van der Waals surface area contributed by atoms with Crippen LogP contribution >= 0.6 is 0 Å². The maximum absolute atomic E-state index is 5.46. The van der Waals surface area contributed by atoms with Crippen LogP contribution in [0.4, 0.5) is 0 Å². The summed E-state index contributed by atoms with van der Waals surface area (Å²) in [5.41, 5.74) is 11.3. The highest BCUT2D eigenvalue weighted by Crippen LogP contribution is 1.79. The van der Waals surface area contributed by atoms with Crippen molar-refractivity contribution in [1.29, 1.82) is 0 Å². The van der Waals surface area contributed by atoms with Crippen LogP contribution in [0.15, 0.2) is 24.0 Å². The molecule has 5 N–H and O–H groups in total. The molecule has 0 amide bonds. The first-order valence-corrected chi connectivity index (χ1v) is 2.78. The maximum atomic E-state index is 5.46. The van der Waals surface area contributed by atoms with E-state index in [9.17, 15) is 0 Å². The van der Waals surface area contributed by atoms with E-state index in [2.05, 4.69) is 5.32 Å². The SMILES string of the molecule is CNC/C(N)=C/C=C\N. The highest BCUT2D eigenvalue weighted by molar-refractivity contribution is 5.09. The minimum Gasteiger partial charge on any atom is -0.405 e. The van der Waals surface area contributed by atoms with Gasteiger partial charge in [0.25, 0.3) is 0 Å². The highest BCUT2D eigenvalue weighted by atomic mass is 14.8. The van der Waals surface area contributed by atoms with Crippen molar-refractivity contribution in [3.63, 3.8) is 0 Å². The quantitative estimate of drug-likeness (QED) is 0.449. The molecule has 3 heteroatoms. The van der Waals surface area contributed by atoms with Crippen LogP contribution in [0.25, 0.3) is 0 Å². The molecule has 0 heterocycles. The summed E-state index contributed by atoms with van der Waals surface area (Å²) in [4.78, 5) is 0. The first-order chi connectivity index (χ1) is 4.31. The third kappa shape index (κ3) is 4.90. The largest absolute Gasteiger partial charge is 0.405 e. The smallest absolute Gasteiger partial charge is 0.0349 e. The molecule has 0 fully saturated rings. The number of allylic oxidation sites excluding steroid dienone is 2. The second-order valence-electron chi connectivity index (χ2n) is 1.66. The Balaban J connectivity index is 3.55. The lowest BCUT2D eigenvalue weighted by Crippen LogP contribution is -2.15. The topological polar surface area (TPSA) is 64.1 Å². The lowest BCUT2D eigenvalue weighted by atomic mass is 10.4. The Morgan fingerprint density at radius 1 is 1.67 bits per heavy atom. The van der Waals surface area contributed by atoms with Gasteiger partial charge in [-0.25, -0.2) is 0 Å². The molecule has 52 valence electrons. The normalized spacial score (nSPS) is 12.8. The molecule has 0 aliphatic heterocycles. The van der Waals surface area contributed by atoms with Gasteiger partial charge in [-0.3, -0.25) is 0 Å². The van der Waals surface area contributed by atoms with Crippen LogP contribution in [-0.4, -0.2) is 13.6 Å². The zero-order valence-corrected chi connectivity index (χ0v) is 5.59. The summed E-state index contributed by atoms with van der Waals surface area (Å²) in [6.07, 6.45) is 4.91. The maximum Gasteiger partial charge on any atom is 0.0349 e. The number of likely N-dealkylation sites (N-methyl/N-ethyl adjacent to an activating group) is 1. The van der Waals surface area contributed by atoms with Gasteiger partial charge in [0.2, 0.25) is 0 Å². The second kappa shape index (κ2) is 5.18. The Morgan fingerprint density at radius 2 is 2.33 bits per heavy atom. The fraction of sp³-hybridized carbons (Fsp3) is 0.333. The van der Waals surface area contributed by atoms with Crippen molar-refractivity contribution in [3.8, 4) is 0 Å². The first-order valence-electron chi connectivity index (χ1n) is 2.78.